The lowest BCUT2D eigenvalue weighted by Gasteiger charge is -2.06. The lowest BCUT2D eigenvalue weighted by Crippen LogP contribution is -1.97. The van der Waals surface area contributed by atoms with E-state index in [9.17, 15) is 0 Å². The van der Waals surface area contributed by atoms with E-state index in [0.29, 0.717) is 17.9 Å². The number of benzene rings is 1. The molecule has 0 saturated carbocycles. The van der Waals surface area contributed by atoms with Crippen molar-refractivity contribution < 1.29 is 4.74 Å². The molecule has 0 aliphatic carbocycles. The number of hydrogen-bond acceptors (Lipinski definition) is 2. The van der Waals surface area contributed by atoms with Crippen molar-refractivity contribution in [2.24, 2.45) is 0 Å². The van der Waals surface area contributed by atoms with Crippen molar-refractivity contribution >= 4 is 15.9 Å². The molecule has 0 N–H and O–H groups in total. The van der Waals surface area contributed by atoms with Crippen molar-refractivity contribution in [3.63, 3.8) is 0 Å². The average molecular weight is 252 g/mol. The summed E-state index contributed by atoms with van der Waals surface area (Å²) in [6.07, 6.45) is 2.56. The SMILES string of the molecule is C=CCCOc1cc(Br)ccc1C#N. The normalized spacial score (nSPS) is 9.14. The van der Waals surface area contributed by atoms with Gasteiger partial charge < -0.3 is 4.74 Å². The van der Waals surface area contributed by atoms with Gasteiger partial charge in [0.25, 0.3) is 0 Å². The van der Waals surface area contributed by atoms with E-state index in [2.05, 4.69) is 28.6 Å². The second-order valence-electron chi connectivity index (χ2n) is 2.68. The van der Waals surface area contributed by atoms with Crippen LogP contribution >= 0.6 is 15.9 Å². The van der Waals surface area contributed by atoms with E-state index >= 15 is 0 Å². The van der Waals surface area contributed by atoms with Crippen molar-refractivity contribution in [3.05, 3.63) is 40.9 Å². The van der Waals surface area contributed by atoms with Crippen LogP contribution in [-0.2, 0) is 0 Å². The highest BCUT2D eigenvalue weighted by Crippen LogP contribution is 2.23. The summed E-state index contributed by atoms with van der Waals surface area (Å²) in [6.45, 7) is 4.15. The van der Waals surface area contributed by atoms with Crippen molar-refractivity contribution in [2.45, 2.75) is 6.42 Å². The molecule has 1 aromatic carbocycles. The summed E-state index contributed by atoms with van der Waals surface area (Å²) in [7, 11) is 0. The minimum absolute atomic E-state index is 0.550. The first kappa shape index (κ1) is 10.8. The number of hydrogen-bond donors (Lipinski definition) is 0. The van der Waals surface area contributed by atoms with Gasteiger partial charge in [0, 0.05) is 4.47 Å². The summed E-state index contributed by atoms with van der Waals surface area (Å²) < 4.78 is 6.33. The average Bonchev–Trinajstić information content (AvgIpc) is 2.19. The maximum absolute atomic E-state index is 8.80. The molecule has 0 saturated heterocycles. The summed E-state index contributed by atoms with van der Waals surface area (Å²) in [5.74, 6) is 0.615. The van der Waals surface area contributed by atoms with E-state index in [0.717, 1.165) is 10.9 Å². The van der Waals surface area contributed by atoms with Crippen LogP contribution in [0.4, 0.5) is 0 Å². The highest BCUT2D eigenvalue weighted by atomic mass is 79.9. The van der Waals surface area contributed by atoms with Crippen LogP contribution in [0.15, 0.2) is 35.3 Å². The van der Waals surface area contributed by atoms with Gasteiger partial charge >= 0.3 is 0 Å². The van der Waals surface area contributed by atoms with Crippen LogP contribution in [0.1, 0.15) is 12.0 Å². The molecular formula is C11H10BrNO. The minimum atomic E-state index is 0.550. The minimum Gasteiger partial charge on any atom is -0.492 e. The fourth-order valence-electron chi connectivity index (χ4n) is 0.960. The first-order valence-corrected chi connectivity index (χ1v) is 5.00. The number of halogens is 1. The maximum atomic E-state index is 8.80. The molecule has 0 aliphatic heterocycles. The van der Waals surface area contributed by atoms with Crippen molar-refractivity contribution in [3.8, 4) is 11.8 Å². The van der Waals surface area contributed by atoms with Crippen LogP contribution in [-0.4, -0.2) is 6.61 Å². The second-order valence-corrected chi connectivity index (χ2v) is 3.59. The zero-order chi connectivity index (χ0) is 10.4. The second kappa shape index (κ2) is 5.46. The summed E-state index contributed by atoms with van der Waals surface area (Å²) >= 11 is 3.32. The van der Waals surface area contributed by atoms with E-state index in [1.165, 1.54) is 0 Å². The third-order valence-electron chi connectivity index (χ3n) is 1.64. The smallest absolute Gasteiger partial charge is 0.138 e. The summed E-state index contributed by atoms with van der Waals surface area (Å²) in [5, 5.41) is 8.80. The highest BCUT2D eigenvalue weighted by molar-refractivity contribution is 9.10. The zero-order valence-corrected chi connectivity index (χ0v) is 9.25. The molecule has 3 heteroatoms. The largest absolute Gasteiger partial charge is 0.492 e. The summed E-state index contributed by atoms with van der Waals surface area (Å²) in [5.41, 5.74) is 0.553. The van der Waals surface area contributed by atoms with E-state index in [1.54, 1.807) is 18.2 Å². The zero-order valence-electron chi connectivity index (χ0n) is 7.66. The fraction of sp³-hybridized carbons (Fsp3) is 0.182. The Balaban J connectivity index is 2.78. The van der Waals surface area contributed by atoms with Crippen LogP contribution in [0.25, 0.3) is 0 Å². The molecule has 1 aromatic rings. The first-order chi connectivity index (χ1) is 6.77. The molecule has 0 unspecified atom stereocenters. The van der Waals surface area contributed by atoms with Crippen LogP contribution in [0.2, 0.25) is 0 Å². The van der Waals surface area contributed by atoms with Gasteiger partial charge in [-0.3, -0.25) is 0 Å². The Kier molecular flexibility index (Phi) is 4.21. The number of ether oxygens (including phenoxy) is 1. The van der Waals surface area contributed by atoms with Gasteiger partial charge in [-0.1, -0.05) is 22.0 Å². The Hall–Kier alpha value is -1.27. The van der Waals surface area contributed by atoms with Gasteiger partial charge in [-0.15, -0.1) is 6.58 Å². The van der Waals surface area contributed by atoms with Crippen LogP contribution in [0, 0.1) is 11.3 Å². The number of rotatable bonds is 4. The van der Waals surface area contributed by atoms with E-state index in [-0.39, 0.29) is 0 Å². The molecule has 72 valence electrons. The Bertz CT molecular complexity index is 368. The molecule has 0 aromatic heterocycles. The third-order valence-corrected chi connectivity index (χ3v) is 2.14. The Morgan fingerprint density at radius 2 is 2.36 bits per heavy atom. The van der Waals surface area contributed by atoms with Crippen molar-refractivity contribution in [1.29, 1.82) is 5.26 Å². The molecule has 2 nitrogen and oxygen atoms in total. The molecule has 0 spiro atoms. The van der Waals surface area contributed by atoms with E-state index in [4.69, 9.17) is 10.00 Å². The van der Waals surface area contributed by atoms with Gasteiger partial charge in [0.05, 0.1) is 12.2 Å². The number of nitriles is 1. The van der Waals surface area contributed by atoms with Crippen molar-refractivity contribution in [1.82, 2.24) is 0 Å². The van der Waals surface area contributed by atoms with E-state index in [1.807, 2.05) is 6.07 Å². The lowest BCUT2D eigenvalue weighted by molar-refractivity contribution is 0.324. The van der Waals surface area contributed by atoms with Gasteiger partial charge in [-0.2, -0.15) is 5.26 Å². The molecule has 14 heavy (non-hydrogen) atoms. The van der Waals surface area contributed by atoms with Gasteiger partial charge in [-0.25, -0.2) is 0 Å². The molecule has 0 atom stereocenters. The Morgan fingerprint density at radius 3 is 3.00 bits per heavy atom. The lowest BCUT2D eigenvalue weighted by atomic mass is 10.2. The predicted octanol–water partition coefficient (Wildman–Crippen LogP) is 3.28. The highest BCUT2D eigenvalue weighted by Gasteiger charge is 2.02. The third kappa shape index (κ3) is 2.90. The molecule has 0 aliphatic rings. The Morgan fingerprint density at radius 1 is 1.57 bits per heavy atom. The van der Waals surface area contributed by atoms with Gasteiger partial charge in [0.1, 0.15) is 11.8 Å². The molecule has 0 radical (unpaired) electrons. The quantitative estimate of drug-likeness (QED) is 0.608. The molecular weight excluding hydrogens is 242 g/mol. The van der Waals surface area contributed by atoms with Crippen LogP contribution < -0.4 is 4.74 Å². The monoisotopic (exact) mass is 251 g/mol. The topological polar surface area (TPSA) is 33.0 Å². The van der Waals surface area contributed by atoms with Crippen molar-refractivity contribution in [2.75, 3.05) is 6.61 Å². The maximum Gasteiger partial charge on any atom is 0.138 e. The molecule has 1 rings (SSSR count). The molecule has 0 fully saturated rings. The van der Waals surface area contributed by atoms with Crippen LogP contribution in [0.3, 0.4) is 0 Å². The standard InChI is InChI=1S/C11H10BrNO/c1-2-3-6-14-11-7-10(12)5-4-9(11)8-13/h2,4-5,7H,1,3,6H2. The summed E-state index contributed by atoms with van der Waals surface area (Å²) in [4.78, 5) is 0. The predicted molar refractivity (Wildman–Crippen MR) is 59.2 cm³/mol. The van der Waals surface area contributed by atoms with Gasteiger partial charge in [0.2, 0.25) is 0 Å². The molecule has 0 bridgehead atoms. The molecule has 0 amide bonds. The summed E-state index contributed by atoms with van der Waals surface area (Å²) in [6, 6.07) is 7.42. The fourth-order valence-corrected chi connectivity index (χ4v) is 1.30. The van der Waals surface area contributed by atoms with Crippen LogP contribution in [0.5, 0.6) is 5.75 Å². The van der Waals surface area contributed by atoms with Gasteiger partial charge in [-0.05, 0) is 24.6 Å². The first-order valence-electron chi connectivity index (χ1n) is 4.21. The van der Waals surface area contributed by atoms with Gasteiger partial charge in [0.15, 0.2) is 0 Å². The molecule has 0 heterocycles. The van der Waals surface area contributed by atoms with E-state index < -0.39 is 0 Å². The Labute approximate surface area is 91.9 Å². The number of nitrogens with zero attached hydrogens (tertiary/aromatic N) is 1.